The number of anilines is 1. The van der Waals surface area contributed by atoms with Crippen LogP contribution < -0.4 is 5.32 Å². The zero-order chi connectivity index (χ0) is 21.1. The third-order valence-corrected chi connectivity index (χ3v) is 6.92. The molecular formula is C17H27F3N2O4S. The number of nitrogens with one attached hydrogen (secondary N) is 1. The van der Waals surface area contributed by atoms with Gasteiger partial charge in [0, 0.05) is 24.3 Å². The summed E-state index contributed by atoms with van der Waals surface area (Å²) in [7, 11) is -3.78. The molecule has 1 N–H and O–H groups in total. The normalized spacial score (nSPS) is 13.6. The lowest BCUT2D eigenvalue weighted by Crippen LogP contribution is -2.35. The lowest BCUT2D eigenvalue weighted by molar-refractivity contribution is -0.134. The summed E-state index contributed by atoms with van der Waals surface area (Å²) in [5.74, 6) is -0.862. The fraction of sp³-hybridized carbons (Fsp3) is 0.765. The Hall–Kier alpha value is -1.58. The van der Waals surface area contributed by atoms with Crippen molar-refractivity contribution < 1.29 is 30.9 Å². The largest absolute Gasteiger partial charge is 0.389 e. The van der Waals surface area contributed by atoms with Crippen LogP contribution in [-0.4, -0.2) is 36.2 Å². The van der Waals surface area contributed by atoms with E-state index in [-0.39, 0.29) is 24.1 Å². The molecule has 0 aromatic carbocycles. The first-order valence-electron chi connectivity index (χ1n) is 8.60. The van der Waals surface area contributed by atoms with Crippen molar-refractivity contribution in [3.63, 3.8) is 0 Å². The third kappa shape index (κ3) is 7.51. The highest BCUT2D eigenvalue weighted by Crippen LogP contribution is 2.28. The van der Waals surface area contributed by atoms with Crippen LogP contribution in [0.1, 0.15) is 66.0 Å². The highest BCUT2D eigenvalue weighted by Gasteiger charge is 2.36. The summed E-state index contributed by atoms with van der Waals surface area (Å²) in [5.41, 5.74) is 0.407. The second-order valence-corrected chi connectivity index (χ2v) is 10.9. The molecule has 0 aliphatic carbocycles. The van der Waals surface area contributed by atoms with E-state index in [4.69, 9.17) is 4.52 Å². The van der Waals surface area contributed by atoms with Crippen LogP contribution in [0, 0.1) is 0 Å². The van der Waals surface area contributed by atoms with Gasteiger partial charge in [-0.25, -0.2) is 8.42 Å². The minimum atomic E-state index is -4.39. The SMILES string of the molecule is CC(C)(C)c1cc(NC(=O)CCC(C)(C)S(=O)(=O)CCCC(F)(F)F)on1. The summed E-state index contributed by atoms with van der Waals surface area (Å²) in [6.45, 7) is 8.62. The minimum absolute atomic E-state index is 0.0204. The molecular weight excluding hydrogens is 385 g/mol. The van der Waals surface area contributed by atoms with Crippen LogP contribution in [0.4, 0.5) is 19.1 Å². The molecule has 27 heavy (non-hydrogen) atoms. The van der Waals surface area contributed by atoms with Gasteiger partial charge in [-0.05, 0) is 26.7 Å². The molecule has 1 aromatic rings. The van der Waals surface area contributed by atoms with Crippen LogP contribution in [0.2, 0.25) is 0 Å². The summed E-state index contributed by atoms with van der Waals surface area (Å²) >= 11 is 0. The van der Waals surface area contributed by atoms with E-state index >= 15 is 0 Å². The number of halogens is 3. The van der Waals surface area contributed by atoms with Crippen LogP contribution in [0.3, 0.4) is 0 Å². The monoisotopic (exact) mass is 412 g/mol. The Kier molecular flexibility index (Phi) is 7.12. The first kappa shape index (κ1) is 23.5. The quantitative estimate of drug-likeness (QED) is 0.690. The summed E-state index contributed by atoms with van der Waals surface area (Å²) in [6.07, 6.45) is -6.16. The highest BCUT2D eigenvalue weighted by molar-refractivity contribution is 7.92. The van der Waals surface area contributed by atoms with E-state index in [1.54, 1.807) is 6.07 Å². The highest BCUT2D eigenvalue weighted by atomic mass is 32.2. The van der Waals surface area contributed by atoms with Crippen LogP contribution >= 0.6 is 0 Å². The Balaban J connectivity index is 2.59. The van der Waals surface area contributed by atoms with Gasteiger partial charge in [0.25, 0.3) is 0 Å². The number of hydrogen-bond acceptors (Lipinski definition) is 5. The Morgan fingerprint density at radius 2 is 1.74 bits per heavy atom. The van der Waals surface area contributed by atoms with E-state index in [9.17, 15) is 26.4 Å². The molecule has 0 fully saturated rings. The molecule has 0 aliphatic heterocycles. The van der Waals surface area contributed by atoms with Crippen molar-refractivity contribution in [3.8, 4) is 0 Å². The van der Waals surface area contributed by atoms with Crippen molar-refractivity contribution in [2.75, 3.05) is 11.1 Å². The molecule has 0 bridgehead atoms. The molecule has 0 unspecified atom stereocenters. The smallest absolute Gasteiger partial charge is 0.338 e. The van der Waals surface area contributed by atoms with E-state index < -0.39 is 45.3 Å². The lowest BCUT2D eigenvalue weighted by atomic mass is 9.92. The van der Waals surface area contributed by atoms with Crippen molar-refractivity contribution in [2.24, 2.45) is 0 Å². The molecule has 1 heterocycles. The van der Waals surface area contributed by atoms with Crippen molar-refractivity contribution >= 4 is 21.6 Å². The number of alkyl halides is 3. The van der Waals surface area contributed by atoms with E-state index in [1.807, 2.05) is 20.8 Å². The Morgan fingerprint density at radius 1 is 1.15 bits per heavy atom. The topological polar surface area (TPSA) is 89.3 Å². The molecule has 10 heteroatoms. The fourth-order valence-corrected chi connectivity index (χ4v) is 3.69. The zero-order valence-electron chi connectivity index (χ0n) is 16.2. The standard InChI is InChI=1S/C17H27F3N2O4S/c1-15(2,3)12-11-14(26-22-12)21-13(23)7-9-16(4,5)27(24,25)10-6-8-17(18,19)20/h11H,6-10H2,1-5H3,(H,21,23). The Bertz CT molecular complexity index is 747. The van der Waals surface area contributed by atoms with E-state index in [0.717, 1.165) is 0 Å². The molecule has 0 spiro atoms. The number of sulfone groups is 1. The number of carbonyl (C=O) groups is 1. The van der Waals surface area contributed by atoms with E-state index in [0.29, 0.717) is 5.69 Å². The van der Waals surface area contributed by atoms with Crippen LogP contribution in [0.5, 0.6) is 0 Å². The van der Waals surface area contributed by atoms with Gasteiger partial charge in [0.15, 0.2) is 9.84 Å². The average molecular weight is 412 g/mol. The molecule has 6 nitrogen and oxygen atoms in total. The Morgan fingerprint density at radius 3 is 2.22 bits per heavy atom. The second-order valence-electron chi connectivity index (χ2n) is 8.17. The fourth-order valence-electron chi connectivity index (χ4n) is 2.20. The molecule has 156 valence electrons. The predicted molar refractivity (Wildman–Crippen MR) is 96.2 cm³/mol. The molecule has 0 aliphatic rings. The van der Waals surface area contributed by atoms with Crippen molar-refractivity contribution in [3.05, 3.63) is 11.8 Å². The van der Waals surface area contributed by atoms with Crippen molar-refractivity contribution in [1.29, 1.82) is 0 Å². The molecule has 1 amide bonds. The zero-order valence-corrected chi connectivity index (χ0v) is 17.1. The third-order valence-electron chi connectivity index (χ3n) is 4.21. The van der Waals surface area contributed by atoms with Gasteiger partial charge in [0.1, 0.15) is 0 Å². The maximum Gasteiger partial charge on any atom is 0.389 e. The average Bonchev–Trinajstić information content (AvgIpc) is 2.92. The molecule has 0 saturated carbocycles. The van der Waals surface area contributed by atoms with Crippen molar-refractivity contribution in [1.82, 2.24) is 5.16 Å². The van der Waals surface area contributed by atoms with Gasteiger partial charge in [0.2, 0.25) is 11.8 Å². The van der Waals surface area contributed by atoms with Crippen LogP contribution in [-0.2, 0) is 20.0 Å². The number of aromatic nitrogens is 1. The van der Waals surface area contributed by atoms with Gasteiger partial charge in [0.05, 0.1) is 16.2 Å². The van der Waals surface area contributed by atoms with Gasteiger partial charge < -0.3 is 4.52 Å². The molecule has 1 aromatic heterocycles. The van der Waals surface area contributed by atoms with Gasteiger partial charge in [-0.15, -0.1) is 0 Å². The number of carbonyl (C=O) groups excluding carboxylic acids is 1. The van der Waals surface area contributed by atoms with Crippen LogP contribution in [0.25, 0.3) is 0 Å². The first-order valence-corrected chi connectivity index (χ1v) is 10.2. The second kappa shape index (κ2) is 8.20. The molecule has 0 radical (unpaired) electrons. The Labute approximate surface area is 157 Å². The molecule has 1 rings (SSSR count). The first-order chi connectivity index (χ1) is 12.0. The van der Waals surface area contributed by atoms with E-state index in [1.165, 1.54) is 13.8 Å². The number of nitrogens with zero attached hydrogens (tertiary/aromatic N) is 1. The van der Waals surface area contributed by atoms with Gasteiger partial charge in [-0.1, -0.05) is 25.9 Å². The molecule has 0 saturated heterocycles. The van der Waals surface area contributed by atoms with Gasteiger partial charge in [-0.3, -0.25) is 10.1 Å². The summed E-state index contributed by atoms with van der Waals surface area (Å²) in [5, 5.41) is 6.37. The lowest BCUT2D eigenvalue weighted by Gasteiger charge is -2.24. The van der Waals surface area contributed by atoms with Crippen LogP contribution in [0.15, 0.2) is 10.6 Å². The van der Waals surface area contributed by atoms with Crippen molar-refractivity contribution in [2.45, 2.75) is 76.6 Å². The summed E-state index contributed by atoms with van der Waals surface area (Å²) in [4.78, 5) is 12.0. The van der Waals surface area contributed by atoms with E-state index in [2.05, 4.69) is 10.5 Å². The van der Waals surface area contributed by atoms with Gasteiger partial charge >= 0.3 is 6.18 Å². The predicted octanol–water partition coefficient (Wildman–Crippen LogP) is 4.23. The number of rotatable bonds is 8. The maximum atomic E-state index is 12.3. The summed E-state index contributed by atoms with van der Waals surface area (Å²) in [6, 6.07) is 1.59. The van der Waals surface area contributed by atoms with Gasteiger partial charge in [-0.2, -0.15) is 13.2 Å². The number of amides is 1. The maximum absolute atomic E-state index is 12.3. The minimum Gasteiger partial charge on any atom is -0.338 e. The number of hydrogen-bond donors (Lipinski definition) is 1. The molecule has 0 atom stereocenters. The summed E-state index contributed by atoms with van der Waals surface area (Å²) < 4.78 is 64.9.